The van der Waals surface area contributed by atoms with Gasteiger partial charge >= 0.3 is 0 Å². The van der Waals surface area contributed by atoms with Crippen molar-refractivity contribution in [2.45, 2.75) is 39.0 Å². The summed E-state index contributed by atoms with van der Waals surface area (Å²) < 4.78 is 0. The Morgan fingerprint density at radius 1 is 1.33 bits per heavy atom. The number of unbranched alkanes of at least 4 members (excludes halogenated alkanes) is 2. The maximum atomic E-state index is 3.47. The van der Waals surface area contributed by atoms with Crippen LogP contribution in [-0.2, 0) is 0 Å². The molecule has 0 aromatic heterocycles. The van der Waals surface area contributed by atoms with Gasteiger partial charge in [-0.2, -0.15) is 0 Å². The molecule has 0 aliphatic heterocycles. The molecule has 0 fully saturated rings. The average Bonchev–Trinajstić information content (AvgIpc) is 2.14. The Morgan fingerprint density at radius 3 is 2.92 bits per heavy atom. The van der Waals surface area contributed by atoms with Crippen LogP contribution in [0.25, 0.3) is 0 Å². The van der Waals surface area contributed by atoms with Crippen LogP contribution < -0.4 is 5.32 Å². The van der Waals surface area contributed by atoms with E-state index < -0.39 is 0 Å². The molecule has 68 valence electrons. The molecule has 0 aromatic carbocycles. The molecular formula is C11H19N. The Hall–Kier alpha value is -0.720. The first-order valence-electron chi connectivity index (χ1n) is 5.01. The number of rotatable bonds is 5. The normalized spacial score (nSPS) is 15.9. The van der Waals surface area contributed by atoms with E-state index in [1.165, 1.54) is 25.0 Å². The quantitative estimate of drug-likeness (QED) is 0.488. The van der Waals surface area contributed by atoms with E-state index >= 15 is 0 Å². The first kappa shape index (κ1) is 9.37. The van der Waals surface area contributed by atoms with Crippen LogP contribution in [0, 0.1) is 0 Å². The van der Waals surface area contributed by atoms with Gasteiger partial charge < -0.3 is 5.32 Å². The molecule has 12 heavy (non-hydrogen) atoms. The highest BCUT2D eigenvalue weighted by Gasteiger charge is 1.96. The summed E-state index contributed by atoms with van der Waals surface area (Å²) in [6, 6.07) is 0. The Balaban J connectivity index is 2.03. The highest BCUT2D eigenvalue weighted by Crippen LogP contribution is 2.07. The van der Waals surface area contributed by atoms with Crippen molar-refractivity contribution in [3.63, 3.8) is 0 Å². The molecule has 1 nitrogen and oxygen atoms in total. The predicted octanol–water partition coefficient (Wildman–Crippen LogP) is 3.00. The van der Waals surface area contributed by atoms with E-state index in [4.69, 9.17) is 0 Å². The zero-order valence-corrected chi connectivity index (χ0v) is 7.97. The van der Waals surface area contributed by atoms with Gasteiger partial charge in [0.25, 0.3) is 0 Å². The van der Waals surface area contributed by atoms with Crippen LogP contribution in [0.5, 0.6) is 0 Å². The van der Waals surface area contributed by atoms with Crippen molar-refractivity contribution >= 4 is 0 Å². The standard InChI is InChI=1S/C11H19N/c1-2-3-7-10-12-11-8-5-4-6-9-11/h4-5,9,12H,2-3,6-8,10H2,1H3. The van der Waals surface area contributed by atoms with Gasteiger partial charge in [0.15, 0.2) is 0 Å². The second-order valence-corrected chi connectivity index (χ2v) is 3.27. The summed E-state index contributed by atoms with van der Waals surface area (Å²) in [7, 11) is 0. The fraction of sp³-hybridized carbons (Fsp3) is 0.636. The molecule has 1 N–H and O–H groups in total. The minimum atomic E-state index is 1.10. The fourth-order valence-electron chi connectivity index (χ4n) is 1.37. The van der Waals surface area contributed by atoms with Crippen molar-refractivity contribution in [2.24, 2.45) is 0 Å². The largest absolute Gasteiger partial charge is 0.388 e. The molecule has 0 saturated heterocycles. The highest BCUT2D eigenvalue weighted by atomic mass is 14.9. The van der Waals surface area contributed by atoms with E-state index in [2.05, 4.69) is 30.5 Å². The highest BCUT2D eigenvalue weighted by molar-refractivity contribution is 5.12. The minimum absolute atomic E-state index is 1.10. The second kappa shape index (κ2) is 5.87. The molecule has 1 rings (SSSR count). The van der Waals surface area contributed by atoms with Crippen LogP contribution in [0.1, 0.15) is 39.0 Å². The van der Waals surface area contributed by atoms with Crippen LogP contribution in [-0.4, -0.2) is 6.54 Å². The molecule has 1 heteroatoms. The Labute approximate surface area is 75.6 Å². The second-order valence-electron chi connectivity index (χ2n) is 3.27. The lowest BCUT2D eigenvalue weighted by Crippen LogP contribution is -2.15. The van der Waals surface area contributed by atoms with Crippen molar-refractivity contribution in [2.75, 3.05) is 6.54 Å². The lowest BCUT2D eigenvalue weighted by atomic mass is 10.1. The number of nitrogens with one attached hydrogen (secondary N) is 1. The summed E-state index contributed by atoms with van der Waals surface area (Å²) in [5, 5.41) is 3.47. The number of hydrogen-bond acceptors (Lipinski definition) is 1. The van der Waals surface area contributed by atoms with Crippen LogP contribution in [0.3, 0.4) is 0 Å². The van der Waals surface area contributed by atoms with Gasteiger partial charge in [0, 0.05) is 18.7 Å². The van der Waals surface area contributed by atoms with E-state index in [9.17, 15) is 0 Å². The summed E-state index contributed by atoms with van der Waals surface area (Å²) in [5.41, 5.74) is 1.41. The fourth-order valence-corrected chi connectivity index (χ4v) is 1.37. The third-order valence-electron chi connectivity index (χ3n) is 2.14. The van der Waals surface area contributed by atoms with Gasteiger partial charge in [-0.1, -0.05) is 38.0 Å². The van der Waals surface area contributed by atoms with Crippen molar-refractivity contribution in [3.05, 3.63) is 23.9 Å². The first-order valence-corrected chi connectivity index (χ1v) is 5.01. The maximum Gasteiger partial charge on any atom is 0.0143 e. The van der Waals surface area contributed by atoms with Crippen LogP contribution in [0.2, 0.25) is 0 Å². The monoisotopic (exact) mass is 165 g/mol. The zero-order chi connectivity index (χ0) is 8.65. The van der Waals surface area contributed by atoms with E-state index in [0.717, 1.165) is 19.4 Å². The number of hydrogen-bond donors (Lipinski definition) is 1. The molecule has 0 bridgehead atoms. The Morgan fingerprint density at radius 2 is 2.25 bits per heavy atom. The van der Waals surface area contributed by atoms with Gasteiger partial charge in [-0.25, -0.2) is 0 Å². The van der Waals surface area contributed by atoms with E-state index in [-0.39, 0.29) is 0 Å². The lowest BCUT2D eigenvalue weighted by molar-refractivity contribution is 0.658. The van der Waals surface area contributed by atoms with Crippen LogP contribution in [0.4, 0.5) is 0 Å². The third kappa shape index (κ3) is 3.61. The van der Waals surface area contributed by atoms with Crippen LogP contribution >= 0.6 is 0 Å². The van der Waals surface area contributed by atoms with Gasteiger partial charge in [-0.05, 0) is 12.8 Å². The summed E-state index contributed by atoms with van der Waals surface area (Å²) in [5.74, 6) is 0. The molecule has 0 radical (unpaired) electrons. The third-order valence-corrected chi connectivity index (χ3v) is 2.14. The van der Waals surface area contributed by atoms with Gasteiger partial charge in [0.2, 0.25) is 0 Å². The Bertz CT molecular complexity index is 168. The topological polar surface area (TPSA) is 12.0 Å². The van der Waals surface area contributed by atoms with Gasteiger partial charge in [-0.3, -0.25) is 0 Å². The van der Waals surface area contributed by atoms with Gasteiger partial charge in [-0.15, -0.1) is 0 Å². The van der Waals surface area contributed by atoms with Crippen LogP contribution in [0.15, 0.2) is 23.9 Å². The molecule has 1 aliphatic rings. The van der Waals surface area contributed by atoms with Gasteiger partial charge in [0.1, 0.15) is 0 Å². The first-order chi connectivity index (χ1) is 5.93. The van der Waals surface area contributed by atoms with Crippen molar-refractivity contribution < 1.29 is 0 Å². The molecule has 0 spiro atoms. The minimum Gasteiger partial charge on any atom is -0.388 e. The molecule has 0 amide bonds. The molecule has 1 aliphatic carbocycles. The van der Waals surface area contributed by atoms with E-state index in [1.807, 2.05) is 0 Å². The average molecular weight is 165 g/mol. The molecule has 0 atom stereocenters. The number of allylic oxidation sites excluding steroid dienone is 3. The van der Waals surface area contributed by atoms with Gasteiger partial charge in [0.05, 0.1) is 0 Å². The van der Waals surface area contributed by atoms with E-state index in [0.29, 0.717) is 0 Å². The Kier molecular flexibility index (Phi) is 4.58. The van der Waals surface area contributed by atoms with Crippen molar-refractivity contribution in [1.29, 1.82) is 0 Å². The van der Waals surface area contributed by atoms with Crippen molar-refractivity contribution in [3.8, 4) is 0 Å². The summed E-state index contributed by atoms with van der Waals surface area (Å²) >= 11 is 0. The molecule has 0 heterocycles. The summed E-state index contributed by atoms with van der Waals surface area (Å²) in [6.45, 7) is 3.39. The molecule has 0 aromatic rings. The predicted molar refractivity (Wildman–Crippen MR) is 54.0 cm³/mol. The lowest BCUT2D eigenvalue weighted by Gasteiger charge is -2.10. The smallest absolute Gasteiger partial charge is 0.0143 e. The molecule has 0 unspecified atom stereocenters. The summed E-state index contributed by atoms with van der Waals surface area (Å²) in [4.78, 5) is 0. The summed E-state index contributed by atoms with van der Waals surface area (Å²) in [6.07, 6.45) is 12.9. The molecular weight excluding hydrogens is 146 g/mol. The SMILES string of the molecule is CCCCCNC1=CCC=CC1. The maximum absolute atomic E-state index is 3.47. The molecule has 0 saturated carbocycles. The zero-order valence-electron chi connectivity index (χ0n) is 7.97. The van der Waals surface area contributed by atoms with Crippen molar-refractivity contribution in [1.82, 2.24) is 5.32 Å². The van der Waals surface area contributed by atoms with E-state index in [1.54, 1.807) is 0 Å².